The van der Waals surface area contributed by atoms with E-state index in [-0.39, 0.29) is 36.6 Å². The van der Waals surface area contributed by atoms with E-state index in [1.54, 1.807) is 49.5 Å². The van der Waals surface area contributed by atoms with Gasteiger partial charge in [-0.15, -0.1) is 0 Å². The predicted octanol–water partition coefficient (Wildman–Crippen LogP) is 3.52. The van der Waals surface area contributed by atoms with Crippen molar-refractivity contribution < 1.29 is 19.2 Å². The molecule has 0 aromatic heterocycles. The molecule has 0 fully saturated rings. The Hall–Kier alpha value is -4.00. The maximum atomic E-state index is 12.9. The molecular formula is C25H23N3O4. The molecule has 2 N–H and O–H groups in total. The molecule has 162 valence electrons. The summed E-state index contributed by atoms with van der Waals surface area (Å²) in [7, 11) is 1.54. The van der Waals surface area contributed by atoms with Crippen molar-refractivity contribution in [2.45, 2.75) is 19.8 Å². The van der Waals surface area contributed by atoms with Gasteiger partial charge in [0.15, 0.2) is 0 Å². The Morgan fingerprint density at radius 1 is 0.938 bits per heavy atom. The summed E-state index contributed by atoms with van der Waals surface area (Å²) in [4.78, 5) is 51.4. The summed E-state index contributed by atoms with van der Waals surface area (Å²) in [6.45, 7) is 1.99. The van der Waals surface area contributed by atoms with E-state index >= 15 is 0 Å². The van der Waals surface area contributed by atoms with Crippen LogP contribution in [0.4, 0.5) is 5.69 Å². The zero-order chi connectivity index (χ0) is 22.8. The number of benzene rings is 3. The molecule has 7 nitrogen and oxygen atoms in total. The second-order valence-electron chi connectivity index (χ2n) is 7.73. The van der Waals surface area contributed by atoms with E-state index in [0.717, 1.165) is 10.9 Å². The summed E-state index contributed by atoms with van der Waals surface area (Å²) in [6, 6.07) is 15.9. The molecule has 32 heavy (non-hydrogen) atoms. The molecule has 0 aliphatic carbocycles. The zero-order valence-corrected chi connectivity index (χ0v) is 17.9. The highest BCUT2D eigenvalue weighted by molar-refractivity contribution is 6.25. The molecule has 3 aromatic carbocycles. The highest BCUT2D eigenvalue weighted by Crippen LogP contribution is 2.30. The first-order chi connectivity index (χ1) is 15.4. The molecule has 0 radical (unpaired) electrons. The van der Waals surface area contributed by atoms with Crippen LogP contribution in [-0.2, 0) is 4.79 Å². The molecule has 1 aliphatic heterocycles. The van der Waals surface area contributed by atoms with Crippen LogP contribution in [0.25, 0.3) is 10.8 Å². The first-order valence-corrected chi connectivity index (χ1v) is 10.4. The molecule has 0 bridgehead atoms. The van der Waals surface area contributed by atoms with Gasteiger partial charge >= 0.3 is 0 Å². The standard InChI is InChI=1S/C25H23N3O4/c1-15-11-12-17(23(30)26-2)14-20(15)27-21(29)10-5-13-28-24(31)18-8-3-6-16-7-4-9-19(22(16)18)25(28)32/h3-4,6-9,11-12,14H,5,10,13H2,1-2H3,(H,26,30)(H,27,29). The number of hydrogen-bond acceptors (Lipinski definition) is 4. The van der Waals surface area contributed by atoms with Gasteiger partial charge in [-0.1, -0.05) is 30.3 Å². The molecule has 3 aromatic rings. The van der Waals surface area contributed by atoms with Crippen LogP contribution < -0.4 is 10.6 Å². The van der Waals surface area contributed by atoms with E-state index in [9.17, 15) is 19.2 Å². The fourth-order valence-corrected chi connectivity index (χ4v) is 3.94. The second-order valence-corrected chi connectivity index (χ2v) is 7.73. The van der Waals surface area contributed by atoms with E-state index in [4.69, 9.17) is 0 Å². The van der Waals surface area contributed by atoms with Crippen LogP contribution in [0.3, 0.4) is 0 Å². The third kappa shape index (κ3) is 3.85. The average molecular weight is 429 g/mol. The molecule has 0 unspecified atom stereocenters. The largest absolute Gasteiger partial charge is 0.355 e. The van der Waals surface area contributed by atoms with Gasteiger partial charge in [-0.25, -0.2) is 0 Å². The van der Waals surface area contributed by atoms with Crippen LogP contribution in [0, 0.1) is 6.92 Å². The van der Waals surface area contributed by atoms with Gasteiger partial charge in [0.1, 0.15) is 0 Å². The Morgan fingerprint density at radius 3 is 2.22 bits per heavy atom. The Balaban J connectivity index is 1.42. The van der Waals surface area contributed by atoms with E-state index in [2.05, 4.69) is 10.6 Å². The number of carbonyl (C=O) groups excluding carboxylic acids is 4. The number of rotatable bonds is 6. The quantitative estimate of drug-likeness (QED) is 0.586. The molecule has 1 aliphatic rings. The van der Waals surface area contributed by atoms with E-state index in [1.165, 1.54) is 4.90 Å². The monoisotopic (exact) mass is 429 g/mol. The predicted molar refractivity (Wildman–Crippen MR) is 122 cm³/mol. The van der Waals surface area contributed by atoms with Crippen molar-refractivity contribution in [3.63, 3.8) is 0 Å². The number of nitrogens with zero attached hydrogens (tertiary/aromatic N) is 1. The van der Waals surface area contributed by atoms with Crippen LogP contribution in [-0.4, -0.2) is 42.1 Å². The Labute approximate surface area is 185 Å². The van der Waals surface area contributed by atoms with Gasteiger partial charge in [0.05, 0.1) is 0 Å². The SMILES string of the molecule is CNC(=O)c1ccc(C)c(NC(=O)CCCN2C(=O)c3cccc4cccc(c34)C2=O)c1. The molecule has 0 saturated heterocycles. The van der Waals surface area contributed by atoms with Crippen molar-refractivity contribution in [1.29, 1.82) is 0 Å². The third-order valence-corrected chi connectivity index (χ3v) is 5.64. The van der Waals surface area contributed by atoms with E-state index in [1.807, 2.05) is 19.1 Å². The van der Waals surface area contributed by atoms with Crippen LogP contribution >= 0.6 is 0 Å². The highest BCUT2D eigenvalue weighted by Gasteiger charge is 2.32. The van der Waals surface area contributed by atoms with Crippen LogP contribution in [0.5, 0.6) is 0 Å². The zero-order valence-electron chi connectivity index (χ0n) is 17.9. The van der Waals surface area contributed by atoms with E-state index in [0.29, 0.717) is 34.2 Å². The molecule has 0 atom stereocenters. The highest BCUT2D eigenvalue weighted by atomic mass is 16.2. The molecule has 4 rings (SSSR count). The smallest absolute Gasteiger partial charge is 0.261 e. The van der Waals surface area contributed by atoms with Crippen molar-refractivity contribution in [3.05, 3.63) is 76.9 Å². The fraction of sp³-hybridized carbons (Fsp3) is 0.200. The van der Waals surface area contributed by atoms with Crippen molar-refractivity contribution >= 4 is 40.1 Å². The fourth-order valence-electron chi connectivity index (χ4n) is 3.94. The average Bonchev–Trinajstić information content (AvgIpc) is 2.80. The number of anilines is 1. The number of carbonyl (C=O) groups is 4. The minimum Gasteiger partial charge on any atom is -0.355 e. The lowest BCUT2D eigenvalue weighted by Gasteiger charge is -2.27. The van der Waals surface area contributed by atoms with E-state index < -0.39 is 0 Å². The first kappa shape index (κ1) is 21.2. The molecule has 1 heterocycles. The normalized spacial score (nSPS) is 12.8. The number of imide groups is 1. The molecule has 0 saturated carbocycles. The number of aryl methyl sites for hydroxylation is 1. The second kappa shape index (κ2) is 8.63. The summed E-state index contributed by atoms with van der Waals surface area (Å²) in [5, 5.41) is 6.91. The lowest BCUT2D eigenvalue weighted by Crippen LogP contribution is -2.41. The molecule has 4 amide bonds. The van der Waals surface area contributed by atoms with Gasteiger partial charge in [-0.2, -0.15) is 0 Å². The number of amides is 4. The Bertz CT molecular complexity index is 1210. The lowest BCUT2D eigenvalue weighted by atomic mass is 9.94. The van der Waals surface area contributed by atoms with Gasteiger partial charge in [-0.3, -0.25) is 24.1 Å². The van der Waals surface area contributed by atoms with Crippen molar-refractivity contribution in [3.8, 4) is 0 Å². The number of nitrogens with one attached hydrogen (secondary N) is 2. The van der Waals surface area contributed by atoms with Crippen molar-refractivity contribution in [1.82, 2.24) is 10.2 Å². The van der Waals surface area contributed by atoms with Gasteiger partial charge in [0.25, 0.3) is 17.7 Å². The first-order valence-electron chi connectivity index (χ1n) is 10.4. The van der Waals surface area contributed by atoms with Crippen LogP contribution in [0.1, 0.15) is 49.5 Å². The summed E-state index contributed by atoms with van der Waals surface area (Å²) < 4.78 is 0. The Morgan fingerprint density at radius 2 is 1.59 bits per heavy atom. The Kier molecular flexibility index (Phi) is 5.73. The summed E-state index contributed by atoms with van der Waals surface area (Å²) >= 11 is 0. The van der Waals surface area contributed by atoms with Gasteiger partial charge in [-0.05, 0) is 48.6 Å². The summed E-state index contributed by atoms with van der Waals surface area (Å²) in [5.41, 5.74) is 2.84. The molecule has 7 heteroatoms. The minimum atomic E-state index is -0.339. The lowest BCUT2D eigenvalue weighted by molar-refractivity contribution is -0.116. The van der Waals surface area contributed by atoms with Crippen molar-refractivity contribution in [2.24, 2.45) is 0 Å². The topological polar surface area (TPSA) is 95.6 Å². The van der Waals surface area contributed by atoms with Crippen LogP contribution in [0.15, 0.2) is 54.6 Å². The van der Waals surface area contributed by atoms with Gasteiger partial charge in [0.2, 0.25) is 5.91 Å². The molecular weight excluding hydrogens is 406 g/mol. The summed E-state index contributed by atoms with van der Waals surface area (Å²) in [5.74, 6) is -1.16. The maximum Gasteiger partial charge on any atom is 0.261 e. The van der Waals surface area contributed by atoms with Crippen molar-refractivity contribution in [2.75, 3.05) is 18.9 Å². The maximum absolute atomic E-state index is 12.9. The van der Waals surface area contributed by atoms with Crippen LogP contribution in [0.2, 0.25) is 0 Å². The minimum absolute atomic E-state index is 0.131. The third-order valence-electron chi connectivity index (χ3n) is 5.64. The molecule has 0 spiro atoms. The van der Waals surface area contributed by atoms with Gasteiger partial charge in [0, 0.05) is 47.8 Å². The summed E-state index contributed by atoms with van der Waals surface area (Å²) in [6.07, 6.45) is 0.461. The van der Waals surface area contributed by atoms with Gasteiger partial charge < -0.3 is 10.6 Å². The number of hydrogen-bond donors (Lipinski definition) is 2.